The standard InChI is InChI=1S/C11H7BrF7NO/c12-7-2-1-5(3-6(7)11(17,18)19)8(21)20-4-10(15,16)9(13)14/h1-3,9H,4H2,(H,20,21). The number of rotatable bonds is 4. The van der Waals surface area contributed by atoms with E-state index in [-0.39, 0.29) is 4.47 Å². The number of hydrogen-bond acceptors (Lipinski definition) is 1. The monoisotopic (exact) mass is 381 g/mol. The Balaban J connectivity index is 2.90. The summed E-state index contributed by atoms with van der Waals surface area (Å²) in [6, 6.07) is 2.28. The molecule has 118 valence electrons. The zero-order valence-electron chi connectivity index (χ0n) is 9.95. The van der Waals surface area contributed by atoms with Gasteiger partial charge in [0.15, 0.2) is 0 Å². The van der Waals surface area contributed by atoms with E-state index in [9.17, 15) is 35.5 Å². The molecule has 0 aliphatic carbocycles. The van der Waals surface area contributed by atoms with Crippen LogP contribution in [0, 0.1) is 0 Å². The first-order chi connectivity index (χ1) is 9.45. The van der Waals surface area contributed by atoms with Gasteiger partial charge in [0.2, 0.25) is 0 Å². The molecule has 0 aliphatic rings. The molecular formula is C11H7BrF7NO. The fourth-order valence-corrected chi connectivity index (χ4v) is 1.73. The van der Waals surface area contributed by atoms with E-state index in [1.54, 1.807) is 0 Å². The van der Waals surface area contributed by atoms with Gasteiger partial charge < -0.3 is 5.32 Å². The van der Waals surface area contributed by atoms with Crippen molar-refractivity contribution in [2.45, 2.75) is 18.5 Å². The number of carbonyl (C=O) groups excluding carboxylic acids is 1. The summed E-state index contributed by atoms with van der Waals surface area (Å²) in [6.07, 6.45) is -8.75. The van der Waals surface area contributed by atoms with E-state index in [0.29, 0.717) is 6.07 Å². The minimum Gasteiger partial charge on any atom is -0.346 e. The molecule has 1 amide bonds. The van der Waals surface area contributed by atoms with Crippen molar-refractivity contribution in [1.82, 2.24) is 5.32 Å². The van der Waals surface area contributed by atoms with Crippen LogP contribution in [-0.2, 0) is 6.18 Å². The Morgan fingerprint density at radius 3 is 2.24 bits per heavy atom. The maximum Gasteiger partial charge on any atom is 0.417 e. The molecule has 0 aliphatic heterocycles. The molecule has 1 aromatic rings. The van der Waals surface area contributed by atoms with Crippen molar-refractivity contribution in [3.05, 3.63) is 33.8 Å². The third kappa shape index (κ3) is 4.58. The Hall–Kier alpha value is -1.32. The van der Waals surface area contributed by atoms with Crippen LogP contribution in [0.15, 0.2) is 22.7 Å². The average molecular weight is 382 g/mol. The molecule has 1 rings (SSSR count). The quantitative estimate of drug-likeness (QED) is 0.781. The minimum atomic E-state index is -4.76. The summed E-state index contributed by atoms with van der Waals surface area (Å²) >= 11 is 2.63. The van der Waals surface area contributed by atoms with Crippen LogP contribution >= 0.6 is 15.9 Å². The van der Waals surface area contributed by atoms with Crippen molar-refractivity contribution in [2.75, 3.05) is 6.54 Å². The van der Waals surface area contributed by atoms with Gasteiger partial charge in [-0.25, -0.2) is 8.78 Å². The highest BCUT2D eigenvalue weighted by molar-refractivity contribution is 9.10. The van der Waals surface area contributed by atoms with Gasteiger partial charge in [0.1, 0.15) is 0 Å². The molecule has 0 saturated carbocycles. The van der Waals surface area contributed by atoms with Gasteiger partial charge >= 0.3 is 18.5 Å². The smallest absolute Gasteiger partial charge is 0.346 e. The SMILES string of the molecule is O=C(NCC(F)(F)C(F)F)c1ccc(Br)c(C(F)(F)F)c1. The van der Waals surface area contributed by atoms with Crippen LogP contribution in [0.2, 0.25) is 0 Å². The highest BCUT2D eigenvalue weighted by Crippen LogP contribution is 2.35. The van der Waals surface area contributed by atoms with Gasteiger partial charge in [-0.15, -0.1) is 0 Å². The second-order valence-electron chi connectivity index (χ2n) is 3.94. The fourth-order valence-electron chi connectivity index (χ4n) is 1.26. The van der Waals surface area contributed by atoms with Crippen LogP contribution < -0.4 is 5.32 Å². The summed E-state index contributed by atoms with van der Waals surface area (Å²) in [7, 11) is 0. The maximum atomic E-state index is 12.6. The largest absolute Gasteiger partial charge is 0.417 e. The normalized spacial score (nSPS) is 12.6. The van der Waals surface area contributed by atoms with Crippen LogP contribution in [0.3, 0.4) is 0 Å². The fraction of sp³-hybridized carbons (Fsp3) is 0.364. The Kier molecular flexibility index (Phi) is 5.24. The van der Waals surface area contributed by atoms with Gasteiger partial charge in [0, 0.05) is 10.0 Å². The Bertz CT molecular complexity index is 530. The molecule has 1 N–H and O–H groups in total. The van der Waals surface area contributed by atoms with Crippen molar-refractivity contribution in [3.63, 3.8) is 0 Å². The van der Waals surface area contributed by atoms with E-state index in [4.69, 9.17) is 0 Å². The summed E-state index contributed by atoms with van der Waals surface area (Å²) in [6.45, 7) is -1.68. The highest BCUT2D eigenvalue weighted by atomic mass is 79.9. The molecule has 0 unspecified atom stereocenters. The summed E-state index contributed by atoms with van der Waals surface area (Å²) < 4.78 is 86.4. The molecule has 0 atom stereocenters. The molecule has 0 spiro atoms. The third-order valence-electron chi connectivity index (χ3n) is 2.34. The highest BCUT2D eigenvalue weighted by Gasteiger charge is 2.41. The Morgan fingerprint density at radius 2 is 1.76 bits per heavy atom. The third-order valence-corrected chi connectivity index (χ3v) is 3.03. The first kappa shape index (κ1) is 17.7. The predicted molar refractivity (Wildman–Crippen MR) is 62.4 cm³/mol. The zero-order valence-corrected chi connectivity index (χ0v) is 11.5. The summed E-state index contributed by atoms with van der Waals surface area (Å²) in [5.41, 5.74) is -1.76. The maximum absolute atomic E-state index is 12.6. The van der Waals surface area contributed by atoms with E-state index in [1.165, 1.54) is 5.32 Å². The number of benzene rings is 1. The van der Waals surface area contributed by atoms with E-state index in [2.05, 4.69) is 15.9 Å². The first-order valence-corrected chi connectivity index (χ1v) is 6.05. The van der Waals surface area contributed by atoms with Crippen molar-refractivity contribution < 1.29 is 35.5 Å². The molecule has 21 heavy (non-hydrogen) atoms. The topological polar surface area (TPSA) is 29.1 Å². The molecule has 2 nitrogen and oxygen atoms in total. The Labute approximate surface area is 122 Å². The van der Waals surface area contributed by atoms with Gasteiger partial charge in [0.05, 0.1) is 12.1 Å². The minimum absolute atomic E-state index is 0.343. The molecule has 0 saturated heterocycles. The molecule has 1 aromatic carbocycles. The van der Waals surface area contributed by atoms with Gasteiger partial charge in [-0.1, -0.05) is 15.9 Å². The molecule has 0 fully saturated rings. The van der Waals surface area contributed by atoms with E-state index < -0.39 is 42.1 Å². The lowest BCUT2D eigenvalue weighted by atomic mass is 10.1. The van der Waals surface area contributed by atoms with Gasteiger partial charge in [-0.2, -0.15) is 22.0 Å². The van der Waals surface area contributed by atoms with Gasteiger partial charge in [-0.3, -0.25) is 4.79 Å². The van der Waals surface area contributed by atoms with Crippen LogP contribution in [0.25, 0.3) is 0 Å². The number of carbonyl (C=O) groups is 1. The number of hydrogen-bond donors (Lipinski definition) is 1. The van der Waals surface area contributed by atoms with Gasteiger partial charge in [0.25, 0.3) is 5.91 Å². The summed E-state index contributed by atoms with van der Waals surface area (Å²) in [4.78, 5) is 11.4. The second-order valence-corrected chi connectivity index (χ2v) is 4.79. The van der Waals surface area contributed by atoms with Crippen LogP contribution in [0.5, 0.6) is 0 Å². The van der Waals surface area contributed by atoms with Gasteiger partial charge in [-0.05, 0) is 18.2 Å². The molecule has 10 heteroatoms. The molecular weight excluding hydrogens is 375 g/mol. The lowest BCUT2D eigenvalue weighted by Gasteiger charge is -2.16. The molecule has 0 bridgehead atoms. The lowest BCUT2D eigenvalue weighted by Crippen LogP contribution is -2.41. The van der Waals surface area contributed by atoms with Crippen molar-refractivity contribution in [1.29, 1.82) is 0 Å². The van der Waals surface area contributed by atoms with E-state index in [1.807, 2.05) is 0 Å². The van der Waals surface area contributed by atoms with Crippen molar-refractivity contribution >= 4 is 21.8 Å². The molecule has 0 radical (unpaired) electrons. The summed E-state index contributed by atoms with van der Waals surface area (Å²) in [5, 5.41) is 1.47. The van der Waals surface area contributed by atoms with Crippen molar-refractivity contribution in [2.24, 2.45) is 0 Å². The first-order valence-electron chi connectivity index (χ1n) is 5.26. The molecule has 0 heterocycles. The predicted octanol–water partition coefficient (Wildman–Crippen LogP) is 4.10. The van der Waals surface area contributed by atoms with E-state index in [0.717, 1.165) is 12.1 Å². The number of amides is 1. The second kappa shape index (κ2) is 6.20. The zero-order chi connectivity index (χ0) is 16.4. The number of alkyl halides is 7. The summed E-state index contributed by atoms with van der Waals surface area (Å²) in [5.74, 6) is -5.77. The van der Waals surface area contributed by atoms with Crippen LogP contribution in [-0.4, -0.2) is 24.8 Å². The number of nitrogens with one attached hydrogen (secondary N) is 1. The molecule has 0 aromatic heterocycles. The average Bonchev–Trinajstić information content (AvgIpc) is 2.35. The van der Waals surface area contributed by atoms with Crippen molar-refractivity contribution in [3.8, 4) is 0 Å². The number of halogens is 8. The van der Waals surface area contributed by atoms with Crippen LogP contribution in [0.1, 0.15) is 15.9 Å². The Morgan fingerprint density at radius 1 is 1.19 bits per heavy atom. The van der Waals surface area contributed by atoms with E-state index >= 15 is 0 Å². The lowest BCUT2D eigenvalue weighted by molar-refractivity contribution is -0.138. The van der Waals surface area contributed by atoms with Crippen LogP contribution in [0.4, 0.5) is 30.7 Å².